The summed E-state index contributed by atoms with van der Waals surface area (Å²) in [6, 6.07) is 10.2. The van der Waals surface area contributed by atoms with Crippen molar-refractivity contribution >= 4 is 16.7 Å². The summed E-state index contributed by atoms with van der Waals surface area (Å²) < 4.78 is 5.47. The smallest absolute Gasteiger partial charge is 0.339 e. The van der Waals surface area contributed by atoms with Crippen molar-refractivity contribution < 1.29 is 9.53 Å². The average Bonchev–Trinajstić information content (AvgIpc) is 2.50. The topological polar surface area (TPSA) is 26.3 Å². The molecule has 0 amide bonds. The van der Waals surface area contributed by atoms with Crippen LogP contribution in [0.25, 0.3) is 10.8 Å². The summed E-state index contributed by atoms with van der Waals surface area (Å²) in [5, 5.41) is 2.28. The molecule has 0 radical (unpaired) electrons. The first-order valence-corrected chi connectivity index (χ1v) is 5.77. The Hall–Kier alpha value is -1.83. The molecular formula is C15H14O2. The summed E-state index contributed by atoms with van der Waals surface area (Å²) in [4.78, 5) is 11.9. The molecule has 0 aromatic heterocycles. The molecule has 2 aromatic carbocycles. The van der Waals surface area contributed by atoms with Crippen molar-refractivity contribution in [2.24, 2.45) is 0 Å². The Bertz CT molecular complexity index is 639. The molecule has 0 bridgehead atoms. The summed E-state index contributed by atoms with van der Waals surface area (Å²) in [5.74, 6) is -0.201. The molecule has 0 saturated heterocycles. The fourth-order valence-electron chi connectivity index (χ4n) is 2.71. The van der Waals surface area contributed by atoms with Crippen LogP contribution in [0.1, 0.15) is 35.3 Å². The number of ether oxygens (including phenoxy) is 1. The first-order chi connectivity index (χ1) is 8.00. The minimum atomic E-state index is -0.530. The summed E-state index contributed by atoms with van der Waals surface area (Å²) in [6.07, 6.45) is 0. The van der Waals surface area contributed by atoms with Crippen molar-refractivity contribution in [3.63, 3.8) is 0 Å². The number of hydrogen-bond donors (Lipinski definition) is 0. The summed E-state index contributed by atoms with van der Waals surface area (Å²) in [7, 11) is 0. The zero-order valence-corrected chi connectivity index (χ0v) is 10.2. The number of esters is 1. The van der Waals surface area contributed by atoms with Gasteiger partial charge in [-0.1, -0.05) is 30.3 Å². The fourth-order valence-corrected chi connectivity index (χ4v) is 2.71. The molecule has 0 aliphatic carbocycles. The number of carbonyl (C=O) groups is 1. The third-order valence-electron chi connectivity index (χ3n) is 3.40. The van der Waals surface area contributed by atoms with Crippen molar-refractivity contribution in [2.75, 3.05) is 0 Å². The Balaban J connectivity index is 2.52. The summed E-state index contributed by atoms with van der Waals surface area (Å²) in [5.41, 5.74) is 2.24. The highest BCUT2D eigenvalue weighted by Gasteiger charge is 2.40. The molecular weight excluding hydrogens is 212 g/mol. The van der Waals surface area contributed by atoms with Gasteiger partial charge in [-0.15, -0.1) is 0 Å². The molecule has 0 atom stereocenters. The van der Waals surface area contributed by atoms with Crippen LogP contribution in [-0.4, -0.2) is 5.97 Å². The minimum Gasteiger partial charge on any atom is -0.451 e. The van der Waals surface area contributed by atoms with E-state index in [2.05, 4.69) is 18.2 Å². The molecule has 86 valence electrons. The monoisotopic (exact) mass is 226 g/mol. The molecule has 2 nitrogen and oxygen atoms in total. The lowest BCUT2D eigenvalue weighted by Crippen LogP contribution is -2.16. The molecule has 0 unspecified atom stereocenters. The van der Waals surface area contributed by atoms with E-state index in [0.717, 1.165) is 27.5 Å². The fraction of sp³-hybridized carbons (Fsp3) is 0.267. The van der Waals surface area contributed by atoms with Crippen molar-refractivity contribution in [1.29, 1.82) is 0 Å². The van der Waals surface area contributed by atoms with Crippen LogP contribution in [0.5, 0.6) is 0 Å². The summed E-state index contributed by atoms with van der Waals surface area (Å²) >= 11 is 0. The predicted molar refractivity (Wildman–Crippen MR) is 67.1 cm³/mol. The zero-order chi connectivity index (χ0) is 12.2. The van der Waals surface area contributed by atoms with Crippen molar-refractivity contribution in [3.8, 4) is 0 Å². The van der Waals surface area contributed by atoms with Crippen LogP contribution < -0.4 is 0 Å². The second kappa shape index (κ2) is 3.10. The summed E-state index contributed by atoms with van der Waals surface area (Å²) in [6.45, 7) is 5.86. The minimum absolute atomic E-state index is 0.201. The average molecular weight is 226 g/mol. The van der Waals surface area contributed by atoms with Gasteiger partial charge in [0.1, 0.15) is 5.60 Å². The van der Waals surface area contributed by atoms with Gasteiger partial charge < -0.3 is 4.74 Å². The Morgan fingerprint density at radius 3 is 2.65 bits per heavy atom. The van der Waals surface area contributed by atoms with Crippen LogP contribution in [0.4, 0.5) is 0 Å². The lowest BCUT2D eigenvalue weighted by molar-refractivity contribution is 0.00993. The van der Waals surface area contributed by atoms with Gasteiger partial charge in [-0.2, -0.15) is 0 Å². The number of benzene rings is 2. The highest BCUT2D eigenvalue weighted by Crippen LogP contribution is 2.41. The van der Waals surface area contributed by atoms with Crippen LogP contribution in [0.2, 0.25) is 0 Å². The highest BCUT2D eigenvalue weighted by atomic mass is 16.6. The first-order valence-electron chi connectivity index (χ1n) is 5.77. The lowest BCUT2D eigenvalue weighted by Gasteiger charge is -2.19. The van der Waals surface area contributed by atoms with E-state index in [-0.39, 0.29) is 5.97 Å². The van der Waals surface area contributed by atoms with Crippen LogP contribution in [0, 0.1) is 6.92 Å². The third kappa shape index (κ3) is 1.30. The molecule has 2 heteroatoms. The maximum absolute atomic E-state index is 11.9. The Kier molecular flexibility index (Phi) is 1.88. The normalized spacial score (nSPS) is 17.0. The maximum Gasteiger partial charge on any atom is 0.339 e. The van der Waals surface area contributed by atoms with Crippen molar-refractivity contribution in [3.05, 3.63) is 47.0 Å². The van der Waals surface area contributed by atoms with E-state index in [1.807, 2.05) is 32.9 Å². The van der Waals surface area contributed by atoms with Gasteiger partial charge in [0.2, 0.25) is 0 Å². The van der Waals surface area contributed by atoms with Gasteiger partial charge in [0.15, 0.2) is 0 Å². The molecule has 1 aliphatic heterocycles. The maximum atomic E-state index is 11.9. The predicted octanol–water partition coefficient (Wildman–Crippen LogP) is 3.55. The number of cyclic esters (lactones) is 1. The van der Waals surface area contributed by atoms with E-state index in [1.54, 1.807) is 0 Å². The van der Waals surface area contributed by atoms with E-state index in [4.69, 9.17) is 4.74 Å². The SMILES string of the molecule is Cc1cc2ccccc2c2c1C(=O)OC2(C)C. The Morgan fingerprint density at radius 1 is 1.18 bits per heavy atom. The van der Waals surface area contributed by atoms with Crippen molar-refractivity contribution in [1.82, 2.24) is 0 Å². The van der Waals surface area contributed by atoms with E-state index >= 15 is 0 Å². The number of carbonyl (C=O) groups excluding carboxylic acids is 1. The van der Waals surface area contributed by atoms with Gasteiger partial charge in [0, 0.05) is 5.56 Å². The van der Waals surface area contributed by atoms with Crippen molar-refractivity contribution in [2.45, 2.75) is 26.4 Å². The largest absolute Gasteiger partial charge is 0.451 e. The molecule has 17 heavy (non-hydrogen) atoms. The molecule has 2 aromatic rings. The number of rotatable bonds is 0. The molecule has 0 N–H and O–H groups in total. The number of hydrogen-bond acceptors (Lipinski definition) is 2. The van der Waals surface area contributed by atoms with Gasteiger partial charge in [-0.3, -0.25) is 0 Å². The third-order valence-corrected chi connectivity index (χ3v) is 3.40. The van der Waals surface area contributed by atoms with Gasteiger partial charge >= 0.3 is 5.97 Å². The molecule has 1 heterocycles. The van der Waals surface area contributed by atoms with E-state index in [9.17, 15) is 4.79 Å². The second-order valence-corrected chi connectivity index (χ2v) is 5.06. The van der Waals surface area contributed by atoms with E-state index < -0.39 is 5.60 Å². The zero-order valence-electron chi connectivity index (χ0n) is 10.2. The van der Waals surface area contributed by atoms with Gasteiger partial charge in [0.05, 0.1) is 5.56 Å². The lowest BCUT2D eigenvalue weighted by atomic mass is 9.88. The van der Waals surface area contributed by atoms with Gasteiger partial charge in [-0.05, 0) is 37.1 Å². The second-order valence-electron chi connectivity index (χ2n) is 5.06. The molecule has 1 aliphatic rings. The number of fused-ring (bicyclic) bond motifs is 3. The van der Waals surface area contributed by atoms with Crippen LogP contribution in [0.3, 0.4) is 0 Å². The quantitative estimate of drug-likeness (QED) is 0.642. The molecule has 0 fully saturated rings. The van der Waals surface area contributed by atoms with E-state index in [1.165, 1.54) is 0 Å². The molecule has 0 saturated carbocycles. The van der Waals surface area contributed by atoms with Gasteiger partial charge in [0.25, 0.3) is 0 Å². The Morgan fingerprint density at radius 2 is 1.88 bits per heavy atom. The van der Waals surface area contributed by atoms with Gasteiger partial charge in [-0.25, -0.2) is 4.79 Å². The first kappa shape index (κ1) is 10.3. The number of aryl methyl sites for hydroxylation is 1. The molecule has 3 rings (SSSR count). The highest BCUT2D eigenvalue weighted by molar-refractivity contribution is 6.03. The van der Waals surface area contributed by atoms with Crippen LogP contribution >= 0.6 is 0 Å². The van der Waals surface area contributed by atoms with Crippen LogP contribution in [0.15, 0.2) is 30.3 Å². The van der Waals surface area contributed by atoms with E-state index in [0.29, 0.717) is 0 Å². The Labute approximate surface area is 100 Å². The molecule has 0 spiro atoms. The standard InChI is InChI=1S/C15H14O2/c1-9-8-10-6-4-5-7-11(10)13-12(9)14(16)17-15(13,2)3/h4-8H,1-3H3. The van der Waals surface area contributed by atoms with Crippen LogP contribution in [-0.2, 0) is 10.3 Å².